The van der Waals surface area contributed by atoms with Gasteiger partial charge >= 0.3 is 0 Å². The van der Waals surface area contributed by atoms with Gasteiger partial charge in [0.2, 0.25) is 5.95 Å². The summed E-state index contributed by atoms with van der Waals surface area (Å²) >= 11 is 0. The highest BCUT2D eigenvalue weighted by molar-refractivity contribution is 5.62. The zero-order chi connectivity index (χ0) is 19.4. The largest absolute Gasteiger partial charge is 0.324 e. The zero-order valence-electron chi connectivity index (χ0n) is 16.3. The first-order valence-corrected chi connectivity index (χ1v) is 9.15. The summed E-state index contributed by atoms with van der Waals surface area (Å²) in [6, 6.07) is 6.34. The van der Waals surface area contributed by atoms with Gasteiger partial charge in [-0.1, -0.05) is 37.8 Å². The molecule has 0 aliphatic rings. The van der Waals surface area contributed by atoms with E-state index in [4.69, 9.17) is 0 Å². The molecule has 6 heteroatoms. The standard InChI is InChI=1S/C21H26N6/c1-6-8-9-17(5)27-20(7-2)24-25-21(27)23-19-12-18(11-10-16(19)4)26-14-15(3)13-22-26/h6,8-14,17H,1,7H2,2-5H3,(H,23,25). The van der Waals surface area contributed by atoms with E-state index in [9.17, 15) is 0 Å². The molecular weight excluding hydrogens is 336 g/mol. The van der Waals surface area contributed by atoms with Crippen molar-refractivity contribution in [1.82, 2.24) is 24.5 Å². The first-order chi connectivity index (χ1) is 13.0. The van der Waals surface area contributed by atoms with Gasteiger partial charge in [0.05, 0.1) is 17.9 Å². The zero-order valence-corrected chi connectivity index (χ0v) is 16.3. The predicted molar refractivity (Wildman–Crippen MR) is 110 cm³/mol. The molecule has 3 aromatic rings. The number of anilines is 2. The number of allylic oxidation sites excluding steroid dienone is 3. The summed E-state index contributed by atoms with van der Waals surface area (Å²) in [6.45, 7) is 12.0. The monoisotopic (exact) mass is 362 g/mol. The van der Waals surface area contributed by atoms with Gasteiger partial charge in [-0.25, -0.2) is 4.68 Å². The maximum atomic E-state index is 4.40. The van der Waals surface area contributed by atoms with Crippen LogP contribution in [-0.2, 0) is 6.42 Å². The maximum Gasteiger partial charge on any atom is 0.229 e. The van der Waals surface area contributed by atoms with Gasteiger partial charge in [-0.3, -0.25) is 4.57 Å². The minimum absolute atomic E-state index is 0.118. The van der Waals surface area contributed by atoms with Crippen LogP contribution in [0, 0.1) is 13.8 Å². The third-order valence-electron chi connectivity index (χ3n) is 4.46. The fourth-order valence-electron chi connectivity index (χ4n) is 2.96. The van der Waals surface area contributed by atoms with Gasteiger partial charge < -0.3 is 5.32 Å². The predicted octanol–water partition coefficient (Wildman–Crippen LogP) is 4.69. The van der Waals surface area contributed by atoms with E-state index in [1.807, 2.05) is 30.1 Å². The first kappa shape index (κ1) is 18.6. The molecule has 0 saturated carbocycles. The molecule has 2 heterocycles. The Morgan fingerprint density at radius 3 is 2.74 bits per heavy atom. The minimum Gasteiger partial charge on any atom is -0.324 e. The molecule has 3 rings (SSSR count). The number of rotatable bonds is 7. The SMILES string of the molecule is C=CC=CC(C)n1c(CC)nnc1Nc1cc(-n2cc(C)cn2)ccc1C. The highest BCUT2D eigenvalue weighted by Crippen LogP contribution is 2.26. The molecule has 2 aromatic heterocycles. The highest BCUT2D eigenvalue weighted by Gasteiger charge is 2.16. The van der Waals surface area contributed by atoms with E-state index in [1.165, 1.54) is 0 Å². The molecular formula is C21H26N6. The lowest BCUT2D eigenvalue weighted by Crippen LogP contribution is -2.11. The van der Waals surface area contributed by atoms with Crippen molar-refractivity contribution in [2.24, 2.45) is 0 Å². The Morgan fingerprint density at radius 2 is 2.07 bits per heavy atom. The topological polar surface area (TPSA) is 60.6 Å². The van der Waals surface area contributed by atoms with E-state index in [1.54, 1.807) is 6.08 Å². The number of nitrogens with zero attached hydrogens (tertiary/aromatic N) is 5. The van der Waals surface area contributed by atoms with Crippen LogP contribution >= 0.6 is 0 Å². The third kappa shape index (κ3) is 4.00. The summed E-state index contributed by atoms with van der Waals surface area (Å²) in [4.78, 5) is 0. The first-order valence-electron chi connectivity index (χ1n) is 9.15. The summed E-state index contributed by atoms with van der Waals surface area (Å²) in [6.07, 6.45) is 10.5. The van der Waals surface area contributed by atoms with Crippen molar-refractivity contribution in [3.8, 4) is 5.69 Å². The van der Waals surface area contributed by atoms with E-state index in [0.29, 0.717) is 0 Å². The summed E-state index contributed by atoms with van der Waals surface area (Å²) in [5, 5.41) is 16.6. The number of aryl methyl sites for hydroxylation is 3. The fourth-order valence-corrected chi connectivity index (χ4v) is 2.96. The Balaban J connectivity index is 1.97. The number of hydrogen-bond acceptors (Lipinski definition) is 4. The van der Waals surface area contributed by atoms with E-state index in [0.717, 1.165) is 40.7 Å². The highest BCUT2D eigenvalue weighted by atomic mass is 15.4. The Labute approximate surface area is 160 Å². The van der Waals surface area contributed by atoms with Crippen LogP contribution in [0.4, 0.5) is 11.6 Å². The lowest BCUT2D eigenvalue weighted by Gasteiger charge is -2.17. The van der Waals surface area contributed by atoms with Crippen LogP contribution in [-0.4, -0.2) is 24.5 Å². The Kier molecular flexibility index (Phi) is 5.54. The van der Waals surface area contributed by atoms with Crippen molar-refractivity contribution < 1.29 is 0 Å². The van der Waals surface area contributed by atoms with Crippen LogP contribution in [0.3, 0.4) is 0 Å². The fraction of sp³-hybridized carbons (Fsp3) is 0.286. The third-order valence-corrected chi connectivity index (χ3v) is 4.46. The van der Waals surface area contributed by atoms with E-state index >= 15 is 0 Å². The van der Waals surface area contributed by atoms with Gasteiger partial charge in [-0.2, -0.15) is 5.10 Å². The van der Waals surface area contributed by atoms with Crippen molar-refractivity contribution in [2.75, 3.05) is 5.32 Å². The van der Waals surface area contributed by atoms with Gasteiger partial charge in [0.15, 0.2) is 0 Å². The molecule has 6 nitrogen and oxygen atoms in total. The molecule has 0 saturated heterocycles. The van der Waals surface area contributed by atoms with Crippen molar-refractivity contribution in [3.63, 3.8) is 0 Å². The normalized spacial score (nSPS) is 12.4. The van der Waals surface area contributed by atoms with Crippen LogP contribution < -0.4 is 5.32 Å². The maximum absolute atomic E-state index is 4.40. The average Bonchev–Trinajstić information content (AvgIpc) is 3.27. The van der Waals surface area contributed by atoms with Gasteiger partial charge in [-0.05, 0) is 44.0 Å². The molecule has 0 aliphatic heterocycles. The Morgan fingerprint density at radius 1 is 1.26 bits per heavy atom. The lowest BCUT2D eigenvalue weighted by atomic mass is 10.2. The molecule has 1 aromatic carbocycles. The van der Waals surface area contributed by atoms with E-state index in [-0.39, 0.29) is 6.04 Å². The second kappa shape index (κ2) is 8.03. The number of aromatic nitrogens is 5. The summed E-state index contributed by atoms with van der Waals surface area (Å²) in [5.74, 6) is 1.67. The van der Waals surface area contributed by atoms with Crippen LogP contribution in [0.2, 0.25) is 0 Å². The molecule has 1 unspecified atom stereocenters. The molecule has 27 heavy (non-hydrogen) atoms. The summed E-state index contributed by atoms with van der Waals surface area (Å²) in [5.41, 5.74) is 4.24. The minimum atomic E-state index is 0.118. The molecule has 0 fully saturated rings. The molecule has 0 amide bonds. The smallest absolute Gasteiger partial charge is 0.229 e. The van der Waals surface area contributed by atoms with Gasteiger partial charge in [0.1, 0.15) is 5.82 Å². The van der Waals surface area contributed by atoms with E-state index in [2.05, 4.69) is 76.8 Å². The van der Waals surface area contributed by atoms with E-state index < -0.39 is 0 Å². The number of benzene rings is 1. The molecule has 1 atom stereocenters. The Bertz CT molecular complexity index is 963. The molecule has 140 valence electrons. The summed E-state index contributed by atoms with van der Waals surface area (Å²) < 4.78 is 3.99. The van der Waals surface area contributed by atoms with Gasteiger partial charge in [-0.15, -0.1) is 10.2 Å². The van der Waals surface area contributed by atoms with Gasteiger partial charge in [0, 0.05) is 18.3 Å². The average molecular weight is 362 g/mol. The lowest BCUT2D eigenvalue weighted by molar-refractivity contribution is 0.630. The van der Waals surface area contributed by atoms with Crippen molar-refractivity contribution in [3.05, 3.63) is 72.4 Å². The molecule has 0 spiro atoms. The number of hydrogen-bond donors (Lipinski definition) is 1. The molecule has 0 radical (unpaired) electrons. The van der Waals surface area contributed by atoms with Crippen molar-refractivity contribution in [2.45, 2.75) is 40.2 Å². The summed E-state index contributed by atoms with van der Waals surface area (Å²) in [7, 11) is 0. The van der Waals surface area contributed by atoms with Gasteiger partial charge in [0.25, 0.3) is 0 Å². The van der Waals surface area contributed by atoms with Crippen LogP contribution in [0.1, 0.15) is 36.8 Å². The molecule has 0 aliphatic carbocycles. The van der Waals surface area contributed by atoms with Crippen LogP contribution in [0.25, 0.3) is 5.69 Å². The van der Waals surface area contributed by atoms with Crippen LogP contribution in [0.5, 0.6) is 0 Å². The second-order valence-electron chi connectivity index (χ2n) is 6.61. The number of nitrogens with one attached hydrogen (secondary N) is 1. The van der Waals surface area contributed by atoms with Crippen LogP contribution in [0.15, 0.2) is 55.4 Å². The van der Waals surface area contributed by atoms with Crippen molar-refractivity contribution >= 4 is 11.6 Å². The van der Waals surface area contributed by atoms with Crippen molar-refractivity contribution in [1.29, 1.82) is 0 Å². The Hall–Kier alpha value is -3.15. The quantitative estimate of drug-likeness (QED) is 0.620. The molecule has 0 bridgehead atoms. The molecule has 1 N–H and O–H groups in total. The second-order valence-corrected chi connectivity index (χ2v) is 6.61.